The van der Waals surface area contributed by atoms with Crippen LogP contribution in [0.1, 0.15) is 12.5 Å². The topological polar surface area (TPSA) is 84.9 Å². The summed E-state index contributed by atoms with van der Waals surface area (Å²) in [5, 5.41) is 11.8. The maximum Gasteiger partial charge on any atom is 0.271 e. The van der Waals surface area contributed by atoms with Crippen molar-refractivity contribution in [2.24, 2.45) is 0 Å². The van der Waals surface area contributed by atoms with Crippen molar-refractivity contribution >= 4 is 33.1 Å². The normalized spacial score (nSPS) is 13.7. The number of aromatic hydroxyl groups is 1. The second kappa shape index (κ2) is 5.54. The van der Waals surface area contributed by atoms with Crippen molar-refractivity contribution in [3.05, 3.63) is 35.2 Å². The molecule has 0 aliphatic carbocycles. The highest BCUT2D eigenvalue weighted by atomic mass is 32.2. The third kappa shape index (κ3) is 2.51. The van der Waals surface area contributed by atoms with Crippen LogP contribution in [0.5, 0.6) is 17.2 Å². The minimum Gasteiger partial charge on any atom is -0.504 e. The van der Waals surface area contributed by atoms with E-state index >= 15 is 0 Å². The molecule has 0 fully saturated rings. The molecule has 3 rings (SSSR count). The average molecular weight is 339 g/mol. The summed E-state index contributed by atoms with van der Waals surface area (Å²) in [5.41, 5.74) is 0.669. The van der Waals surface area contributed by atoms with Gasteiger partial charge in [-0.1, -0.05) is 18.2 Å². The van der Waals surface area contributed by atoms with E-state index in [2.05, 4.69) is 4.72 Å². The Morgan fingerprint density at radius 2 is 2.14 bits per heavy atom. The van der Waals surface area contributed by atoms with Crippen LogP contribution in [0.15, 0.2) is 33.9 Å². The largest absolute Gasteiger partial charge is 0.504 e. The highest BCUT2D eigenvalue weighted by Gasteiger charge is 2.27. The SMILES string of the molecule is C/C=C/c1cc(NS(=O)(=O)c2cccs2)c2c(c1O)OCO2. The minimum atomic E-state index is -3.71. The second-order valence-corrected chi connectivity index (χ2v) is 7.32. The molecule has 6 nitrogen and oxygen atoms in total. The molecule has 22 heavy (non-hydrogen) atoms. The molecule has 0 saturated heterocycles. The van der Waals surface area contributed by atoms with Gasteiger partial charge in [0.25, 0.3) is 10.0 Å². The van der Waals surface area contributed by atoms with E-state index in [0.29, 0.717) is 5.56 Å². The quantitative estimate of drug-likeness (QED) is 0.837. The molecule has 2 N–H and O–H groups in total. The molecule has 0 saturated carbocycles. The third-order valence-electron chi connectivity index (χ3n) is 3.00. The van der Waals surface area contributed by atoms with E-state index in [1.807, 2.05) is 0 Å². The number of phenols is 1. The third-order valence-corrected chi connectivity index (χ3v) is 5.76. The molecule has 0 amide bonds. The van der Waals surface area contributed by atoms with Gasteiger partial charge in [-0.05, 0) is 24.4 Å². The summed E-state index contributed by atoms with van der Waals surface area (Å²) in [4.78, 5) is 0. The lowest BCUT2D eigenvalue weighted by molar-refractivity contribution is 0.171. The molecule has 2 aromatic rings. The molecule has 0 spiro atoms. The van der Waals surface area contributed by atoms with Gasteiger partial charge in [-0.15, -0.1) is 11.3 Å². The average Bonchev–Trinajstić information content (AvgIpc) is 3.14. The molecule has 0 radical (unpaired) electrons. The van der Waals surface area contributed by atoms with Crippen molar-refractivity contribution in [3.8, 4) is 17.2 Å². The van der Waals surface area contributed by atoms with Crippen molar-refractivity contribution in [3.63, 3.8) is 0 Å². The van der Waals surface area contributed by atoms with Gasteiger partial charge in [0, 0.05) is 5.56 Å². The number of hydrogen-bond acceptors (Lipinski definition) is 6. The second-order valence-electron chi connectivity index (χ2n) is 4.46. The number of allylic oxidation sites excluding steroid dienone is 1. The maximum atomic E-state index is 12.3. The smallest absolute Gasteiger partial charge is 0.271 e. The Labute approximate surface area is 131 Å². The Bertz CT molecular complexity index is 825. The summed E-state index contributed by atoms with van der Waals surface area (Å²) in [5.74, 6) is 0.245. The van der Waals surface area contributed by atoms with Crippen molar-refractivity contribution in [2.45, 2.75) is 11.1 Å². The Hall–Kier alpha value is -2.19. The van der Waals surface area contributed by atoms with Gasteiger partial charge in [-0.25, -0.2) is 8.42 Å². The Balaban J connectivity index is 2.08. The minimum absolute atomic E-state index is 0.0735. The van der Waals surface area contributed by atoms with Gasteiger partial charge in [-0.2, -0.15) is 0 Å². The lowest BCUT2D eigenvalue weighted by atomic mass is 10.1. The van der Waals surface area contributed by atoms with E-state index in [0.717, 1.165) is 11.3 Å². The van der Waals surface area contributed by atoms with Crippen LogP contribution in [-0.4, -0.2) is 20.3 Å². The Kier molecular flexibility index (Phi) is 3.71. The first-order valence-corrected chi connectivity index (χ1v) is 8.74. The number of anilines is 1. The van der Waals surface area contributed by atoms with E-state index in [1.54, 1.807) is 30.5 Å². The number of hydrogen-bond donors (Lipinski definition) is 2. The summed E-state index contributed by atoms with van der Waals surface area (Å²) >= 11 is 1.11. The molecule has 0 bridgehead atoms. The number of benzene rings is 1. The molecular weight excluding hydrogens is 326 g/mol. The molecule has 8 heteroatoms. The fourth-order valence-corrected chi connectivity index (χ4v) is 4.11. The lowest BCUT2D eigenvalue weighted by Crippen LogP contribution is -2.12. The predicted octanol–water partition coefficient (Wildman–Crippen LogP) is 3.02. The Morgan fingerprint density at radius 1 is 1.36 bits per heavy atom. The van der Waals surface area contributed by atoms with Gasteiger partial charge < -0.3 is 14.6 Å². The number of nitrogens with one attached hydrogen (secondary N) is 1. The number of ether oxygens (including phenoxy) is 2. The number of sulfonamides is 1. The molecule has 0 atom stereocenters. The van der Waals surface area contributed by atoms with Gasteiger partial charge in [0.2, 0.25) is 12.5 Å². The number of fused-ring (bicyclic) bond motifs is 1. The van der Waals surface area contributed by atoms with Gasteiger partial charge in [0.1, 0.15) is 4.21 Å². The standard InChI is InChI=1S/C14H13NO5S2/c1-2-4-9-7-10(13-14(12(9)16)20-8-19-13)15-22(17,18)11-5-3-6-21-11/h2-7,15-16H,8H2,1H3/b4-2+. The molecule has 1 aromatic carbocycles. The summed E-state index contributed by atoms with van der Waals surface area (Å²) in [7, 11) is -3.71. The van der Waals surface area contributed by atoms with Crippen LogP contribution in [-0.2, 0) is 10.0 Å². The van der Waals surface area contributed by atoms with Gasteiger partial charge >= 0.3 is 0 Å². The zero-order chi connectivity index (χ0) is 15.7. The van der Waals surface area contributed by atoms with E-state index in [1.165, 1.54) is 12.1 Å². The molecule has 116 valence electrons. The highest BCUT2D eigenvalue weighted by Crippen LogP contribution is 2.48. The van der Waals surface area contributed by atoms with E-state index < -0.39 is 10.0 Å². The first-order chi connectivity index (χ1) is 10.5. The van der Waals surface area contributed by atoms with Crippen molar-refractivity contribution < 1.29 is 23.0 Å². The van der Waals surface area contributed by atoms with Crippen LogP contribution >= 0.6 is 11.3 Å². The van der Waals surface area contributed by atoms with E-state index in [4.69, 9.17) is 9.47 Å². The summed E-state index contributed by atoms with van der Waals surface area (Å²) < 4.78 is 37.9. The van der Waals surface area contributed by atoms with E-state index in [-0.39, 0.29) is 33.9 Å². The van der Waals surface area contributed by atoms with Crippen LogP contribution in [0.25, 0.3) is 6.08 Å². The number of thiophene rings is 1. The highest BCUT2D eigenvalue weighted by molar-refractivity contribution is 7.94. The van der Waals surface area contributed by atoms with Crippen molar-refractivity contribution in [1.82, 2.24) is 0 Å². The number of phenolic OH excluding ortho intramolecular Hbond substituents is 1. The van der Waals surface area contributed by atoms with Crippen LogP contribution in [0.3, 0.4) is 0 Å². The summed E-state index contributed by atoms with van der Waals surface area (Å²) in [6.45, 7) is 1.72. The van der Waals surface area contributed by atoms with Gasteiger partial charge in [0.05, 0.1) is 5.69 Å². The maximum absolute atomic E-state index is 12.3. The molecule has 1 aliphatic heterocycles. The predicted molar refractivity (Wildman–Crippen MR) is 84.1 cm³/mol. The van der Waals surface area contributed by atoms with E-state index in [9.17, 15) is 13.5 Å². The summed E-state index contributed by atoms with van der Waals surface area (Å²) in [6, 6.07) is 4.68. The zero-order valence-electron chi connectivity index (χ0n) is 11.6. The first-order valence-electron chi connectivity index (χ1n) is 6.37. The fraction of sp³-hybridized carbons (Fsp3) is 0.143. The summed E-state index contributed by atoms with van der Waals surface area (Å²) in [6.07, 6.45) is 3.38. The molecule has 0 unspecified atom stereocenters. The molecule has 2 heterocycles. The van der Waals surface area contributed by atoms with Gasteiger partial charge in [-0.3, -0.25) is 4.72 Å². The fourth-order valence-electron chi connectivity index (χ4n) is 2.07. The van der Waals surface area contributed by atoms with Crippen LogP contribution in [0.4, 0.5) is 5.69 Å². The van der Waals surface area contributed by atoms with Crippen LogP contribution in [0.2, 0.25) is 0 Å². The molecular formula is C14H13NO5S2. The zero-order valence-corrected chi connectivity index (χ0v) is 13.2. The van der Waals surface area contributed by atoms with Crippen molar-refractivity contribution in [1.29, 1.82) is 0 Å². The Morgan fingerprint density at radius 3 is 2.82 bits per heavy atom. The first kappa shape index (κ1) is 14.7. The lowest BCUT2D eigenvalue weighted by Gasteiger charge is -2.12. The monoisotopic (exact) mass is 339 g/mol. The van der Waals surface area contributed by atoms with Crippen molar-refractivity contribution in [2.75, 3.05) is 11.5 Å². The van der Waals surface area contributed by atoms with Gasteiger partial charge in [0.15, 0.2) is 11.5 Å². The molecule has 1 aromatic heterocycles. The molecule has 1 aliphatic rings. The van der Waals surface area contributed by atoms with Crippen LogP contribution < -0.4 is 14.2 Å². The van der Waals surface area contributed by atoms with Crippen LogP contribution in [0, 0.1) is 0 Å². The number of rotatable bonds is 4.